The van der Waals surface area contributed by atoms with Gasteiger partial charge in [0, 0.05) is 0 Å². The topological polar surface area (TPSA) is 79.5 Å². The van der Waals surface area contributed by atoms with E-state index in [4.69, 9.17) is 9.52 Å². The third-order valence-corrected chi connectivity index (χ3v) is 2.55. The quantitative estimate of drug-likeness (QED) is 0.796. The molecule has 0 aliphatic rings. The minimum Gasteiger partial charge on any atom is -0.480 e. The molecule has 0 fully saturated rings. The van der Waals surface area contributed by atoms with Gasteiger partial charge in [0.2, 0.25) is 0 Å². The molecule has 1 amide bonds. The fourth-order valence-corrected chi connectivity index (χ4v) is 1.30. The molecule has 0 aliphatic carbocycles. The Balaban J connectivity index is 2.69. The predicted molar refractivity (Wildman–Crippen MR) is 57.1 cm³/mol. The fourth-order valence-electron chi connectivity index (χ4n) is 1.30. The maximum Gasteiger partial charge on any atom is 0.326 e. The first kappa shape index (κ1) is 12.3. The Bertz CT molecular complexity index is 358. The van der Waals surface area contributed by atoms with Crippen molar-refractivity contribution >= 4 is 11.9 Å². The van der Waals surface area contributed by atoms with E-state index in [1.54, 1.807) is 6.92 Å². The molecule has 2 atom stereocenters. The highest BCUT2D eigenvalue weighted by molar-refractivity contribution is 5.96. The van der Waals surface area contributed by atoms with Gasteiger partial charge in [-0.3, -0.25) is 4.79 Å². The molecule has 1 heterocycles. The number of carboxylic acids is 1. The van der Waals surface area contributed by atoms with Crippen LogP contribution in [0.15, 0.2) is 23.0 Å². The van der Waals surface area contributed by atoms with Gasteiger partial charge < -0.3 is 14.8 Å². The Morgan fingerprint density at radius 3 is 2.69 bits per heavy atom. The Morgan fingerprint density at radius 1 is 1.56 bits per heavy atom. The highest BCUT2D eigenvalue weighted by Gasteiger charge is 2.25. The summed E-state index contributed by atoms with van der Waals surface area (Å²) in [6.07, 6.45) is 3.33. The van der Waals surface area contributed by atoms with E-state index in [1.807, 2.05) is 6.92 Å². The largest absolute Gasteiger partial charge is 0.480 e. The van der Waals surface area contributed by atoms with Crippen LogP contribution >= 0.6 is 0 Å². The molecule has 16 heavy (non-hydrogen) atoms. The lowest BCUT2D eigenvalue weighted by molar-refractivity contribution is -0.140. The number of carboxylic acid groups (broad SMARTS) is 1. The Kier molecular flexibility index (Phi) is 4.10. The van der Waals surface area contributed by atoms with Gasteiger partial charge in [0.15, 0.2) is 0 Å². The van der Waals surface area contributed by atoms with Crippen molar-refractivity contribution in [2.75, 3.05) is 0 Å². The minimum absolute atomic E-state index is 0.117. The summed E-state index contributed by atoms with van der Waals surface area (Å²) in [6, 6.07) is 0.623. The summed E-state index contributed by atoms with van der Waals surface area (Å²) < 4.78 is 4.76. The van der Waals surface area contributed by atoms with Crippen LogP contribution in [0.5, 0.6) is 0 Å². The van der Waals surface area contributed by atoms with Gasteiger partial charge in [-0.1, -0.05) is 20.3 Å². The van der Waals surface area contributed by atoms with Crippen LogP contribution in [0.1, 0.15) is 30.6 Å². The van der Waals surface area contributed by atoms with Gasteiger partial charge in [-0.05, 0) is 12.0 Å². The third kappa shape index (κ3) is 2.85. The second-order valence-electron chi connectivity index (χ2n) is 3.69. The molecule has 0 bridgehead atoms. The zero-order valence-electron chi connectivity index (χ0n) is 9.27. The molecule has 1 aromatic heterocycles. The summed E-state index contributed by atoms with van der Waals surface area (Å²) in [4.78, 5) is 22.6. The number of carbonyl (C=O) groups is 2. The maximum absolute atomic E-state index is 11.6. The second kappa shape index (κ2) is 5.34. The molecule has 0 spiro atoms. The van der Waals surface area contributed by atoms with Gasteiger partial charge in [0.25, 0.3) is 5.91 Å². The number of amides is 1. The number of hydrogen-bond acceptors (Lipinski definition) is 3. The number of carbonyl (C=O) groups excluding carboxylic acids is 1. The third-order valence-electron chi connectivity index (χ3n) is 2.55. The molecule has 0 radical (unpaired) electrons. The van der Waals surface area contributed by atoms with Crippen molar-refractivity contribution in [1.29, 1.82) is 0 Å². The molecule has 0 aromatic carbocycles. The van der Waals surface area contributed by atoms with E-state index in [2.05, 4.69) is 5.32 Å². The first-order chi connectivity index (χ1) is 7.56. The molecule has 0 unspecified atom stereocenters. The molecule has 2 N–H and O–H groups in total. The number of hydrogen-bond donors (Lipinski definition) is 2. The van der Waals surface area contributed by atoms with Crippen LogP contribution in [0.25, 0.3) is 0 Å². The second-order valence-corrected chi connectivity index (χ2v) is 3.69. The summed E-state index contributed by atoms with van der Waals surface area (Å²) in [7, 11) is 0. The standard InChI is InChI=1S/C11H15NO4/c1-3-7(2)9(11(14)15)12-10(13)8-4-5-16-6-8/h4-7,9H,3H2,1-2H3,(H,12,13)(H,14,15)/t7-,9-/m0/s1. The molecule has 1 aromatic rings. The Morgan fingerprint density at radius 2 is 2.25 bits per heavy atom. The van der Waals surface area contributed by atoms with Crippen LogP contribution in [-0.2, 0) is 4.79 Å². The SMILES string of the molecule is CC[C@H](C)[C@H](NC(=O)c1ccoc1)C(=O)O. The van der Waals surface area contributed by atoms with Crippen LogP contribution < -0.4 is 5.32 Å². The van der Waals surface area contributed by atoms with Gasteiger partial charge in [-0.25, -0.2) is 4.79 Å². The van der Waals surface area contributed by atoms with Crippen LogP contribution in [0, 0.1) is 5.92 Å². The van der Waals surface area contributed by atoms with E-state index in [1.165, 1.54) is 18.6 Å². The number of furan rings is 1. The summed E-state index contributed by atoms with van der Waals surface area (Å²) in [5.74, 6) is -1.57. The molecule has 5 heteroatoms. The zero-order valence-corrected chi connectivity index (χ0v) is 9.27. The number of rotatable bonds is 5. The average Bonchev–Trinajstić information content (AvgIpc) is 2.77. The number of nitrogens with one attached hydrogen (secondary N) is 1. The molecule has 88 valence electrons. The summed E-state index contributed by atoms with van der Waals surface area (Å²) in [5, 5.41) is 11.5. The van der Waals surface area contributed by atoms with Gasteiger partial charge >= 0.3 is 5.97 Å². The molecule has 0 saturated carbocycles. The molecule has 0 aliphatic heterocycles. The predicted octanol–water partition coefficient (Wildman–Crippen LogP) is 1.51. The first-order valence-corrected chi connectivity index (χ1v) is 5.12. The Labute approximate surface area is 93.4 Å². The van der Waals surface area contributed by atoms with E-state index >= 15 is 0 Å². The average molecular weight is 225 g/mol. The normalized spacial score (nSPS) is 14.1. The van der Waals surface area contributed by atoms with Gasteiger partial charge in [-0.15, -0.1) is 0 Å². The highest BCUT2D eigenvalue weighted by Crippen LogP contribution is 2.09. The monoisotopic (exact) mass is 225 g/mol. The van der Waals surface area contributed by atoms with Crippen molar-refractivity contribution < 1.29 is 19.1 Å². The molecule has 5 nitrogen and oxygen atoms in total. The van der Waals surface area contributed by atoms with Crippen molar-refractivity contribution in [3.63, 3.8) is 0 Å². The highest BCUT2D eigenvalue weighted by atomic mass is 16.4. The van der Waals surface area contributed by atoms with Crippen molar-refractivity contribution in [1.82, 2.24) is 5.32 Å². The fraction of sp³-hybridized carbons (Fsp3) is 0.455. The van der Waals surface area contributed by atoms with Crippen LogP contribution in [0.2, 0.25) is 0 Å². The zero-order chi connectivity index (χ0) is 12.1. The van der Waals surface area contributed by atoms with Gasteiger partial charge in [-0.2, -0.15) is 0 Å². The maximum atomic E-state index is 11.6. The van der Waals surface area contributed by atoms with Crippen LogP contribution in [0.3, 0.4) is 0 Å². The van der Waals surface area contributed by atoms with Crippen molar-refractivity contribution in [3.8, 4) is 0 Å². The minimum atomic E-state index is -1.02. The molecular weight excluding hydrogens is 210 g/mol. The van der Waals surface area contributed by atoms with Gasteiger partial charge in [0.05, 0.1) is 11.8 Å². The smallest absolute Gasteiger partial charge is 0.326 e. The molecule has 1 rings (SSSR count). The molecular formula is C11H15NO4. The lowest BCUT2D eigenvalue weighted by atomic mass is 9.99. The summed E-state index contributed by atoms with van der Waals surface area (Å²) in [6.45, 7) is 3.67. The van der Waals surface area contributed by atoms with Crippen molar-refractivity contribution in [2.24, 2.45) is 5.92 Å². The lowest BCUT2D eigenvalue weighted by Gasteiger charge is -2.19. The Hall–Kier alpha value is -1.78. The van der Waals surface area contributed by atoms with Gasteiger partial charge in [0.1, 0.15) is 12.3 Å². The van der Waals surface area contributed by atoms with Crippen molar-refractivity contribution in [2.45, 2.75) is 26.3 Å². The van der Waals surface area contributed by atoms with E-state index < -0.39 is 17.9 Å². The van der Waals surface area contributed by atoms with E-state index in [9.17, 15) is 9.59 Å². The molecule has 0 saturated heterocycles. The summed E-state index contributed by atoms with van der Waals surface area (Å²) in [5.41, 5.74) is 0.328. The van der Waals surface area contributed by atoms with Crippen LogP contribution in [-0.4, -0.2) is 23.0 Å². The van der Waals surface area contributed by atoms with E-state index in [0.717, 1.165) is 0 Å². The van der Waals surface area contributed by atoms with E-state index in [-0.39, 0.29) is 5.92 Å². The van der Waals surface area contributed by atoms with Crippen molar-refractivity contribution in [3.05, 3.63) is 24.2 Å². The van der Waals surface area contributed by atoms with E-state index in [0.29, 0.717) is 12.0 Å². The summed E-state index contributed by atoms with van der Waals surface area (Å²) >= 11 is 0. The lowest BCUT2D eigenvalue weighted by Crippen LogP contribution is -2.44. The van der Waals surface area contributed by atoms with Crippen LogP contribution in [0.4, 0.5) is 0 Å². The number of aliphatic carboxylic acids is 1. The first-order valence-electron chi connectivity index (χ1n) is 5.12.